The van der Waals surface area contributed by atoms with E-state index in [0.717, 1.165) is 0 Å². The van der Waals surface area contributed by atoms with Gasteiger partial charge in [0.05, 0.1) is 0 Å². The fourth-order valence-electron chi connectivity index (χ4n) is 4.12. The molecule has 2 heteroatoms. The minimum absolute atomic E-state index is 0.715. The molecule has 0 saturated carbocycles. The molecule has 0 saturated heterocycles. The fraction of sp³-hybridized carbons (Fsp3) is 0.455. The van der Waals surface area contributed by atoms with Crippen LogP contribution in [-0.2, 0) is 0 Å². The topological polar surface area (TPSA) is 6.48 Å². The SMILES string of the molecule is C[C@@H]1CC(N(C)C)=C2C=CC=C21.C[C@H]1CC(N(C)C)=C2C=CC=C21. The summed E-state index contributed by atoms with van der Waals surface area (Å²) in [4.78, 5) is 4.48. The van der Waals surface area contributed by atoms with Crippen LogP contribution in [0.3, 0.4) is 0 Å². The zero-order valence-corrected chi connectivity index (χ0v) is 15.9. The molecule has 0 aromatic heterocycles. The van der Waals surface area contributed by atoms with Gasteiger partial charge >= 0.3 is 0 Å². The highest BCUT2D eigenvalue weighted by molar-refractivity contribution is 5.56. The maximum Gasteiger partial charge on any atom is 0.0210 e. The molecule has 0 unspecified atom stereocenters. The Morgan fingerprint density at radius 3 is 1.42 bits per heavy atom. The van der Waals surface area contributed by atoms with Gasteiger partial charge in [-0.2, -0.15) is 0 Å². The van der Waals surface area contributed by atoms with Gasteiger partial charge in [0, 0.05) is 39.6 Å². The van der Waals surface area contributed by atoms with Crippen molar-refractivity contribution in [2.45, 2.75) is 26.7 Å². The van der Waals surface area contributed by atoms with Gasteiger partial charge in [0.1, 0.15) is 0 Å². The second kappa shape index (κ2) is 6.51. The molecule has 4 rings (SSSR count). The molecule has 0 fully saturated rings. The Hall–Kier alpha value is -1.96. The van der Waals surface area contributed by atoms with Crippen LogP contribution in [0.1, 0.15) is 26.7 Å². The third-order valence-corrected chi connectivity index (χ3v) is 5.46. The maximum atomic E-state index is 2.30. The first-order chi connectivity index (χ1) is 11.4. The standard InChI is InChI=1S/2C11H15N/c2*1-8-7-11(12(2)3)10-6-4-5-9(8)10/h2*4-6,8H,7H2,1-3H3/t2*8-/m10/s1. The smallest absolute Gasteiger partial charge is 0.0210 e. The minimum atomic E-state index is 0.715. The average Bonchev–Trinajstić information content (AvgIpc) is 3.24. The van der Waals surface area contributed by atoms with E-state index in [9.17, 15) is 0 Å². The highest BCUT2D eigenvalue weighted by atomic mass is 15.1. The molecular weight excluding hydrogens is 292 g/mol. The monoisotopic (exact) mass is 322 g/mol. The number of nitrogens with zero attached hydrogens (tertiary/aromatic N) is 2. The number of allylic oxidation sites excluding steroid dienone is 12. The van der Waals surface area contributed by atoms with Crippen LogP contribution in [-0.4, -0.2) is 38.0 Å². The summed E-state index contributed by atoms with van der Waals surface area (Å²) < 4.78 is 0. The largest absolute Gasteiger partial charge is 0.380 e. The summed E-state index contributed by atoms with van der Waals surface area (Å²) in [6.45, 7) is 4.60. The summed E-state index contributed by atoms with van der Waals surface area (Å²) in [7, 11) is 8.52. The van der Waals surface area contributed by atoms with Gasteiger partial charge in [0.15, 0.2) is 0 Å². The van der Waals surface area contributed by atoms with Crippen molar-refractivity contribution >= 4 is 0 Å². The first-order valence-corrected chi connectivity index (χ1v) is 8.98. The lowest BCUT2D eigenvalue weighted by atomic mass is 10.0. The van der Waals surface area contributed by atoms with Crippen molar-refractivity contribution in [3.63, 3.8) is 0 Å². The molecule has 0 heterocycles. The van der Waals surface area contributed by atoms with Crippen molar-refractivity contribution in [1.82, 2.24) is 9.80 Å². The maximum absolute atomic E-state index is 2.30. The first kappa shape index (κ1) is 16.9. The van der Waals surface area contributed by atoms with Crippen LogP contribution in [0.25, 0.3) is 0 Å². The predicted octanol–water partition coefficient (Wildman–Crippen LogP) is 4.68. The van der Waals surface area contributed by atoms with Gasteiger partial charge in [0.2, 0.25) is 0 Å². The van der Waals surface area contributed by atoms with E-state index in [1.54, 1.807) is 0 Å². The minimum Gasteiger partial charge on any atom is -0.380 e. The van der Waals surface area contributed by atoms with Crippen molar-refractivity contribution in [3.05, 3.63) is 70.1 Å². The van der Waals surface area contributed by atoms with Gasteiger partial charge < -0.3 is 9.80 Å². The second-order valence-corrected chi connectivity index (χ2v) is 7.68. The molecule has 0 aliphatic heterocycles. The second-order valence-electron chi connectivity index (χ2n) is 7.68. The van der Waals surface area contributed by atoms with Crippen molar-refractivity contribution in [1.29, 1.82) is 0 Å². The number of rotatable bonds is 2. The van der Waals surface area contributed by atoms with E-state index in [1.165, 1.54) is 46.5 Å². The summed E-state index contributed by atoms with van der Waals surface area (Å²) in [5.74, 6) is 1.43. The Balaban J connectivity index is 0.000000141. The van der Waals surface area contributed by atoms with Crippen molar-refractivity contribution < 1.29 is 0 Å². The van der Waals surface area contributed by atoms with Crippen LogP contribution < -0.4 is 0 Å². The molecule has 128 valence electrons. The first-order valence-electron chi connectivity index (χ1n) is 8.98. The van der Waals surface area contributed by atoms with E-state index < -0.39 is 0 Å². The Morgan fingerprint density at radius 1 is 0.708 bits per heavy atom. The Kier molecular flexibility index (Phi) is 4.58. The molecule has 2 nitrogen and oxygen atoms in total. The summed E-state index contributed by atoms with van der Waals surface area (Å²) >= 11 is 0. The van der Waals surface area contributed by atoms with Crippen molar-refractivity contribution in [2.75, 3.05) is 28.2 Å². The fourth-order valence-corrected chi connectivity index (χ4v) is 4.12. The molecule has 0 spiro atoms. The van der Waals surface area contributed by atoms with E-state index in [1.807, 2.05) is 0 Å². The lowest BCUT2D eigenvalue weighted by molar-refractivity contribution is 0.477. The Labute approximate surface area is 147 Å². The molecule has 24 heavy (non-hydrogen) atoms. The van der Waals surface area contributed by atoms with Gasteiger partial charge in [-0.1, -0.05) is 50.3 Å². The highest BCUT2D eigenvalue weighted by Crippen LogP contribution is 2.41. The molecular formula is C22H30N2. The molecule has 0 aromatic rings. The molecule has 4 aliphatic rings. The summed E-state index contributed by atoms with van der Waals surface area (Å²) in [6.07, 6.45) is 15.7. The lowest BCUT2D eigenvalue weighted by Crippen LogP contribution is -2.10. The van der Waals surface area contributed by atoms with E-state index in [0.29, 0.717) is 11.8 Å². The van der Waals surface area contributed by atoms with Crippen molar-refractivity contribution in [3.8, 4) is 0 Å². The third-order valence-electron chi connectivity index (χ3n) is 5.46. The Bertz CT molecular complexity index is 646. The van der Waals surface area contributed by atoms with E-state index >= 15 is 0 Å². The van der Waals surface area contributed by atoms with Crippen LogP contribution in [0.15, 0.2) is 70.1 Å². The number of fused-ring (bicyclic) bond motifs is 2. The number of hydrogen-bond acceptors (Lipinski definition) is 2. The summed E-state index contributed by atoms with van der Waals surface area (Å²) in [5.41, 5.74) is 8.96. The van der Waals surface area contributed by atoms with Crippen LogP contribution in [0.2, 0.25) is 0 Å². The Morgan fingerprint density at radius 2 is 1.08 bits per heavy atom. The van der Waals surface area contributed by atoms with Crippen LogP contribution in [0.4, 0.5) is 0 Å². The molecule has 2 atom stereocenters. The molecule has 0 radical (unpaired) electrons. The van der Waals surface area contributed by atoms with E-state index in [-0.39, 0.29) is 0 Å². The van der Waals surface area contributed by atoms with Crippen LogP contribution >= 0.6 is 0 Å². The van der Waals surface area contributed by atoms with Gasteiger partial charge in [-0.3, -0.25) is 0 Å². The van der Waals surface area contributed by atoms with Crippen LogP contribution in [0.5, 0.6) is 0 Å². The van der Waals surface area contributed by atoms with Crippen LogP contribution in [0, 0.1) is 11.8 Å². The predicted molar refractivity (Wildman–Crippen MR) is 103 cm³/mol. The third kappa shape index (κ3) is 2.90. The van der Waals surface area contributed by atoms with Gasteiger partial charge in [-0.15, -0.1) is 0 Å². The molecule has 0 bridgehead atoms. The highest BCUT2D eigenvalue weighted by Gasteiger charge is 2.27. The van der Waals surface area contributed by atoms with Gasteiger partial charge in [0.25, 0.3) is 0 Å². The average molecular weight is 322 g/mol. The summed E-state index contributed by atoms with van der Waals surface area (Å²) in [5, 5.41) is 0. The molecule has 0 aromatic carbocycles. The van der Waals surface area contributed by atoms with E-state index in [4.69, 9.17) is 0 Å². The normalized spacial score (nSPS) is 26.2. The van der Waals surface area contributed by atoms with Gasteiger partial charge in [-0.05, 0) is 47.0 Å². The van der Waals surface area contributed by atoms with E-state index in [2.05, 4.69) is 88.3 Å². The molecule has 0 amide bonds. The van der Waals surface area contributed by atoms with Crippen molar-refractivity contribution in [2.24, 2.45) is 11.8 Å². The molecule has 4 aliphatic carbocycles. The quantitative estimate of drug-likeness (QED) is 0.728. The zero-order chi connectivity index (χ0) is 17.4. The zero-order valence-electron chi connectivity index (χ0n) is 15.9. The lowest BCUT2D eigenvalue weighted by Gasteiger charge is -2.14. The molecule has 0 N–H and O–H groups in total. The summed E-state index contributed by atoms with van der Waals surface area (Å²) in [6, 6.07) is 0. The number of hydrogen-bond donors (Lipinski definition) is 0. The van der Waals surface area contributed by atoms with Gasteiger partial charge in [-0.25, -0.2) is 0 Å².